The number of pyridine rings is 1. The highest BCUT2D eigenvalue weighted by atomic mass is 16.3. The molecule has 0 spiro atoms. The van der Waals surface area contributed by atoms with Crippen LogP contribution in [0.3, 0.4) is 0 Å². The molecule has 1 heterocycles. The molecule has 90 valence electrons. The molecule has 5 nitrogen and oxygen atoms in total. The van der Waals surface area contributed by atoms with Gasteiger partial charge < -0.3 is 10.4 Å². The summed E-state index contributed by atoms with van der Waals surface area (Å²) in [6.45, 7) is 3.45. The lowest BCUT2D eigenvalue weighted by Gasteiger charge is -2.13. The van der Waals surface area contributed by atoms with Crippen molar-refractivity contribution in [3.05, 3.63) is 29.1 Å². The van der Waals surface area contributed by atoms with E-state index in [1.54, 1.807) is 13.0 Å². The SMILES string of the molecule is CC[C@@H](CO)NC(=O)c1ccc(C#N)c(C)n1. The highest BCUT2D eigenvalue weighted by Gasteiger charge is 2.13. The van der Waals surface area contributed by atoms with Crippen LogP contribution in [-0.2, 0) is 0 Å². The fourth-order valence-corrected chi connectivity index (χ4v) is 1.34. The van der Waals surface area contributed by atoms with Crippen molar-refractivity contribution in [1.29, 1.82) is 5.26 Å². The van der Waals surface area contributed by atoms with E-state index in [1.165, 1.54) is 6.07 Å². The van der Waals surface area contributed by atoms with Gasteiger partial charge in [0.15, 0.2) is 0 Å². The summed E-state index contributed by atoms with van der Waals surface area (Å²) in [7, 11) is 0. The van der Waals surface area contributed by atoms with Gasteiger partial charge in [-0.2, -0.15) is 5.26 Å². The Morgan fingerprint density at radius 2 is 2.35 bits per heavy atom. The minimum absolute atomic E-state index is 0.0997. The highest BCUT2D eigenvalue weighted by Crippen LogP contribution is 2.05. The van der Waals surface area contributed by atoms with Gasteiger partial charge in [0.25, 0.3) is 5.91 Å². The van der Waals surface area contributed by atoms with E-state index in [-0.39, 0.29) is 24.2 Å². The number of carbonyl (C=O) groups excluding carboxylic acids is 1. The first-order valence-corrected chi connectivity index (χ1v) is 5.41. The van der Waals surface area contributed by atoms with Gasteiger partial charge in [0, 0.05) is 0 Å². The average Bonchev–Trinajstić information content (AvgIpc) is 2.35. The van der Waals surface area contributed by atoms with Gasteiger partial charge in [-0.05, 0) is 25.5 Å². The number of hydrogen-bond acceptors (Lipinski definition) is 4. The fourth-order valence-electron chi connectivity index (χ4n) is 1.34. The number of rotatable bonds is 4. The van der Waals surface area contributed by atoms with Crippen molar-refractivity contribution in [2.75, 3.05) is 6.61 Å². The van der Waals surface area contributed by atoms with Crippen molar-refractivity contribution in [1.82, 2.24) is 10.3 Å². The molecule has 1 atom stereocenters. The van der Waals surface area contributed by atoms with Crippen molar-refractivity contribution >= 4 is 5.91 Å². The summed E-state index contributed by atoms with van der Waals surface area (Å²) in [5.74, 6) is -0.335. The Hall–Kier alpha value is -1.93. The van der Waals surface area contributed by atoms with Gasteiger partial charge in [-0.3, -0.25) is 4.79 Å². The number of nitriles is 1. The maximum Gasteiger partial charge on any atom is 0.270 e. The molecule has 1 amide bonds. The van der Waals surface area contributed by atoms with Crippen LogP contribution in [0.5, 0.6) is 0 Å². The van der Waals surface area contributed by atoms with Gasteiger partial charge in [-0.25, -0.2) is 4.98 Å². The first kappa shape index (κ1) is 13.1. The van der Waals surface area contributed by atoms with Crippen LogP contribution in [-0.4, -0.2) is 28.6 Å². The lowest BCUT2D eigenvalue weighted by Crippen LogP contribution is -2.37. The van der Waals surface area contributed by atoms with Crippen LogP contribution in [0.4, 0.5) is 0 Å². The van der Waals surface area contributed by atoms with Crippen LogP contribution < -0.4 is 5.32 Å². The monoisotopic (exact) mass is 233 g/mol. The number of aryl methyl sites for hydroxylation is 1. The van der Waals surface area contributed by atoms with Crippen LogP contribution in [0.1, 0.15) is 35.1 Å². The van der Waals surface area contributed by atoms with Crippen LogP contribution in [0.15, 0.2) is 12.1 Å². The number of hydrogen-bond donors (Lipinski definition) is 2. The third-order valence-corrected chi connectivity index (χ3v) is 2.49. The number of amides is 1. The maximum atomic E-state index is 11.8. The Kier molecular flexibility index (Phi) is 4.61. The Balaban J connectivity index is 2.84. The number of aliphatic hydroxyl groups is 1. The van der Waals surface area contributed by atoms with Crippen LogP contribution in [0.2, 0.25) is 0 Å². The van der Waals surface area contributed by atoms with Crippen molar-refractivity contribution in [2.24, 2.45) is 0 Å². The van der Waals surface area contributed by atoms with E-state index in [0.717, 1.165) is 0 Å². The number of aliphatic hydroxyl groups excluding tert-OH is 1. The molecule has 0 aliphatic carbocycles. The molecule has 0 bridgehead atoms. The van der Waals surface area contributed by atoms with Gasteiger partial charge in [-0.15, -0.1) is 0 Å². The normalized spacial score (nSPS) is 11.6. The second kappa shape index (κ2) is 5.97. The zero-order valence-electron chi connectivity index (χ0n) is 9.90. The van der Waals surface area contributed by atoms with E-state index >= 15 is 0 Å². The number of carbonyl (C=O) groups is 1. The van der Waals surface area contributed by atoms with E-state index in [4.69, 9.17) is 10.4 Å². The zero-order chi connectivity index (χ0) is 12.8. The number of nitrogens with zero attached hydrogens (tertiary/aromatic N) is 2. The van der Waals surface area contributed by atoms with Crippen molar-refractivity contribution < 1.29 is 9.90 Å². The quantitative estimate of drug-likeness (QED) is 0.804. The molecule has 17 heavy (non-hydrogen) atoms. The maximum absolute atomic E-state index is 11.8. The van der Waals surface area contributed by atoms with E-state index in [0.29, 0.717) is 17.7 Å². The van der Waals surface area contributed by atoms with E-state index in [2.05, 4.69) is 10.3 Å². The molecule has 1 aromatic heterocycles. The molecular formula is C12H15N3O2. The van der Waals surface area contributed by atoms with E-state index in [1.807, 2.05) is 13.0 Å². The van der Waals surface area contributed by atoms with Gasteiger partial charge in [0.05, 0.1) is 23.9 Å². The topological polar surface area (TPSA) is 86.0 Å². The summed E-state index contributed by atoms with van der Waals surface area (Å²) in [6, 6.07) is 4.80. The third kappa shape index (κ3) is 3.26. The molecular weight excluding hydrogens is 218 g/mol. The molecule has 1 rings (SSSR count). The second-order valence-corrected chi connectivity index (χ2v) is 3.70. The van der Waals surface area contributed by atoms with E-state index < -0.39 is 0 Å². The smallest absolute Gasteiger partial charge is 0.270 e. The van der Waals surface area contributed by atoms with Gasteiger partial charge in [-0.1, -0.05) is 6.92 Å². The summed E-state index contributed by atoms with van der Waals surface area (Å²) in [5, 5.41) is 20.4. The van der Waals surface area contributed by atoms with Crippen LogP contribution >= 0.6 is 0 Å². The van der Waals surface area contributed by atoms with Crippen molar-refractivity contribution in [3.8, 4) is 6.07 Å². The predicted molar refractivity (Wildman–Crippen MR) is 62.3 cm³/mol. The molecule has 0 radical (unpaired) electrons. The average molecular weight is 233 g/mol. The largest absolute Gasteiger partial charge is 0.394 e. The van der Waals surface area contributed by atoms with Gasteiger partial charge in [0.2, 0.25) is 0 Å². The summed E-state index contributed by atoms with van der Waals surface area (Å²) in [4.78, 5) is 15.8. The molecule has 0 saturated carbocycles. The molecule has 1 aromatic rings. The number of nitrogens with one attached hydrogen (secondary N) is 1. The zero-order valence-corrected chi connectivity index (χ0v) is 9.90. The summed E-state index contributed by atoms with van der Waals surface area (Å²) in [5.41, 5.74) is 1.24. The minimum atomic E-state index is -0.335. The Morgan fingerprint density at radius 3 is 2.82 bits per heavy atom. The third-order valence-electron chi connectivity index (χ3n) is 2.49. The first-order chi connectivity index (χ1) is 8.12. The molecule has 0 aliphatic heterocycles. The predicted octanol–water partition coefficient (Wildman–Crippen LogP) is 0.762. The van der Waals surface area contributed by atoms with Gasteiger partial charge in [0.1, 0.15) is 11.8 Å². The van der Waals surface area contributed by atoms with E-state index in [9.17, 15) is 4.79 Å². The summed E-state index contributed by atoms with van der Waals surface area (Å²) in [6.07, 6.45) is 0.650. The van der Waals surface area contributed by atoms with Crippen LogP contribution in [0.25, 0.3) is 0 Å². The Labute approximate surface area is 100 Å². The molecule has 5 heteroatoms. The number of aromatic nitrogens is 1. The second-order valence-electron chi connectivity index (χ2n) is 3.70. The molecule has 0 unspecified atom stereocenters. The van der Waals surface area contributed by atoms with Gasteiger partial charge >= 0.3 is 0 Å². The Morgan fingerprint density at radius 1 is 1.65 bits per heavy atom. The minimum Gasteiger partial charge on any atom is -0.394 e. The van der Waals surface area contributed by atoms with Crippen molar-refractivity contribution in [3.63, 3.8) is 0 Å². The summed E-state index contributed by atoms with van der Waals surface area (Å²) >= 11 is 0. The fraction of sp³-hybridized carbons (Fsp3) is 0.417. The highest BCUT2D eigenvalue weighted by molar-refractivity contribution is 5.92. The van der Waals surface area contributed by atoms with Crippen LogP contribution in [0, 0.1) is 18.3 Å². The molecule has 2 N–H and O–H groups in total. The van der Waals surface area contributed by atoms with Crippen molar-refractivity contribution in [2.45, 2.75) is 26.3 Å². The molecule has 0 fully saturated rings. The Bertz CT molecular complexity index is 448. The first-order valence-electron chi connectivity index (χ1n) is 5.41. The standard InChI is InChI=1S/C12H15N3O2/c1-3-10(7-16)15-12(17)11-5-4-9(6-13)8(2)14-11/h4-5,10,16H,3,7H2,1-2H3,(H,15,17)/t10-/m0/s1. The molecule has 0 saturated heterocycles. The molecule has 0 aliphatic rings. The lowest BCUT2D eigenvalue weighted by atomic mass is 10.2. The molecule has 0 aromatic carbocycles. The summed E-state index contributed by atoms with van der Waals surface area (Å²) < 4.78 is 0. The lowest BCUT2D eigenvalue weighted by molar-refractivity contribution is 0.0909.